The van der Waals surface area contributed by atoms with E-state index in [0.717, 1.165) is 17.4 Å². The lowest BCUT2D eigenvalue weighted by Gasteiger charge is -2.32. The molecule has 0 aromatic heterocycles. The van der Waals surface area contributed by atoms with Crippen molar-refractivity contribution in [1.82, 2.24) is 0 Å². The fourth-order valence-electron chi connectivity index (χ4n) is 2.23. The van der Waals surface area contributed by atoms with E-state index in [1.54, 1.807) is 0 Å². The molecule has 0 aliphatic rings. The molecule has 0 radical (unpaired) electrons. The molecule has 0 fully saturated rings. The molecule has 2 unspecified atom stereocenters. The molecule has 2 aromatic carbocycles. The second-order valence-corrected chi connectivity index (χ2v) is 5.22. The van der Waals surface area contributed by atoms with Crippen LogP contribution in [0.2, 0.25) is 0 Å². The molecule has 2 heteroatoms. The monoisotopic (exact) mass is 243 g/mol. The van der Waals surface area contributed by atoms with Gasteiger partial charge in [0.25, 0.3) is 0 Å². The third-order valence-corrected chi connectivity index (χ3v) is 4.02. The summed E-state index contributed by atoms with van der Waals surface area (Å²) in [5.74, 6) is 0. The topological polar surface area (TPSA) is 46.2 Å². The zero-order valence-electron chi connectivity index (χ0n) is 11.1. The zero-order chi connectivity index (χ0) is 13.2. The van der Waals surface area contributed by atoms with Gasteiger partial charge in [0, 0.05) is 12.0 Å². The Bertz CT molecular complexity index is 531. The molecule has 2 atom stereocenters. The van der Waals surface area contributed by atoms with Gasteiger partial charge in [-0.05, 0) is 28.8 Å². The van der Waals surface area contributed by atoms with E-state index < -0.39 is 6.10 Å². The zero-order valence-corrected chi connectivity index (χ0v) is 11.1. The van der Waals surface area contributed by atoms with Gasteiger partial charge in [-0.3, -0.25) is 0 Å². The van der Waals surface area contributed by atoms with Crippen molar-refractivity contribution in [2.24, 2.45) is 11.1 Å². The smallest absolute Gasteiger partial charge is 0.0855 e. The lowest BCUT2D eigenvalue weighted by atomic mass is 9.78. The molecule has 0 aliphatic carbocycles. The first-order valence-electron chi connectivity index (χ1n) is 6.47. The van der Waals surface area contributed by atoms with Crippen molar-refractivity contribution < 1.29 is 5.11 Å². The molecule has 2 rings (SSSR count). The van der Waals surface area contributed by atoms with Crippen molar-refractivity contribution in [2.45, 2.75) is 26.4 Å². The number of nitrogens with two attached hydrogens (primary N) is 1. The molecular formula is C16H21NO. The molecule has 0 bridgehead atoms. The van der Waals surface area contributed by atoms with Crippen LogP contribution in [0.3, 0.4) is 0 Å². The Morgan fingerprint density at radius 1 is 1.17 bits per heavy atom. The summed E-state index contributed by atoms with van der Waals surface area (Å²) in [6.07, 6.45) is 0.342. The third-order valence-electron chi connectivity index (χ3n) is 4.02. The maximum atomic E-state index is 10.5. The van der Waals surface area contributed by atoms with Crippen LogP contribution in [-0.4, -0.2) is 11.7 Å². The Hall–Kier alpha value is -1.38. The number of rotatable bonds is 4. The van der Waals surface area contributed by atoms with Gasteiger partial charge in [0.2, 0.25) is 0 Å². The van der Waals surface area contributed by atoms with Gasteiger partial charge in [0.05, 0.1) is 6.10 Å². The number of benzene rings is 2. The normalized spacial score (nSPS) is 16.4. The molecule has 0 spiro atoms. The molecule has 2 nitrogen and oxygen atoms in total. The van der Waals surface area contributed by atoms with Crippen LogP contribution in [0.5, 0.6) is 0 Å². The van der Waals surface area contributed by atoms with Crippen molar-refractivity contribution in [3.05, 3.63) is 48.0 Å². The summed E-state index contributed by atoms with van der Waals surface area (Å²) in [6, 6.07) is 14.3. The van der Waals surface area contributed by atoms with Crippen molar-refractivity contribution in [3.63, 3.8) is 0 Å². The third kappa shape index (κ3) is 2.26. The van der Waals surface area contributed by atoms with Crippen LogP contribution in [-0.2, 0) is 0 Å². The highest BCUT2D eigenvalue weighted by atomic mass is 16.3. The first kappa shape index (κ1) is 13.1. The molecule has 0 saturated carbocycles. The molecule has 0 amide bonds. The number of hydrogen-bond donors (Lipinski definition) is 2. The summed E-state index contributed by atoms with van der Waals surface area (Å²) in [7, 11) is 0. The van der Waals surface area contributed by atoms with Crippen LogP contribution < -0.4 is 5.73 Å². The summed E-state index contributed by atoms with van der Waals surface area (Å²) in [4.78, 5) is 0. The van der Waals surface area contributed by atoms with Crippen molar-refractivity contribution in [2.75, 3.05) is 6.54 Å². The molecule has 3 N–H and O–H groups in total. The maximum Gasteiger partial charge on any atom is 0.0855 e. The number of aliphatic hydroxyl groups is 1. The number of fused-ring (bicyclic) bond motifs is 1. The van der Waals surface area contributed by atoms with E-state index in [2.05, 4.69) is 31.2 Å². The molecule has 96 valence electrons. The van der Waals surface area contributed by atoms with Crippen LogP contribution in [0.4, 0.5) is 0 Å². The van der Waals surface area contributed by atoms with Crippen LogP contribution >= 0.6 is 0 Å². The molecule has 2 aromatic rings. The van der Waals surface area contributed by atoms with Crippen molar-refractivity contribution in [1.29, 1.82) is 0 Å². The van der Waals surface area contributed by atoms with Crippen LogP contribution in [0.25, 0.3) is 10.8 Å². The maximum absolute atomic E-state index is 10.5. The predicted molar refractivity (Wildman–Crippen MR) is 76.4 cm³/mol. The minimum absolute atomic E-state index is 0.261. The Morgan fingerprint density at radius 3 is 2.44 bits per heavy atom. The lowest BCUT2D eigenvalue weighted by molar-refractivity contribution is 0.0393. The van der Waals surface area contributed by atoms with Gasteiger partial charge in [-0.25, -0.2) is 0 Å². The van der Waals surface area contributed by atoms with E-state index in [0.29, 0.717) is 6.54 Å². The highest BCUT2D eigenvalue weighted by Gasteiger charge is 2.30. The van der Waals surface area contributed by atoms with Gasteiger partial charge in [-0.2, -0.15) is 0 Å². The Kier molecular flexibility index (Phi) is 3.69. The molecule has 0 aliphatic heterocycles. The Morgan fingerprint density at radius 2 is 1.83 bits per heavy atom. The lowest BCUT2D eigenvalue weighted by Crippen LogP contribution is -2.33. The minimum Gasteiger partial charge on any atom is -0.388 e. The Labute approximate surface area is 108 Å². The standard InChI is InChI=1S/C16H21NO/c1-3-16(2,11-17)15(18)14-9-8-12-6-4-5-7-13(12)10-14/h4-10,15,18H,3,11,17H2,1-2H3. The van der Waals surface area contributed by atoms with Gasteiger partial charge < -0.3 is 10.8 Å². The fraction of sp³-hybridized carbons (Fsp3) is 0.375. The quantitative estimate of drug-likeness (QED) is 0.866. The first-order chi connectivity index (χ1) is 8.60. The summed E-state index contributed by atoms with van der Waals surface area (Å²) in [5, 5.41) is 12.9. The molecule has 0 heterocycles. The van der Waals surface area contributed by atoms with E-state index >= 15 is 0 Å². The molecule has 0 saturated heterocycles. The number of aliphatic hydroxyl groups excluding tert-OH is 1. The van der Waals surface area contributed by atoms with Gasteiger partial charge in [0.15, 0.2) is 0 Å². The van der Waals surface area contributed by atoms with E-state index in [1.807, 2.05) is 25.1 Å². The fourth-order valence-corrected chi connectivity index (χ4v) is 2.23. The second kappa shape index (κ2) is 5.09. The second-order valence-electron chi connectivity index (χ2n) is 5.22. The van der Waals surface area contributed by atoms with E-state index in [4.69, 9.17) is 5.73 Å². The van der Waals surface area contributed by atoms with Crippen LogP contribution in [0.15, 0.2) is 42.5 Å². The van der Waals surface area contributed by atoms with E-state index in [1.165, 1.54) is 5.39 Å². The van der Waals surface area contributed by atoms with Gasteiger partial charge >= 0.3 is 0 Å². The highest BCUT2D eigenvalue weighted by Crippen LogP contribution is 2.36. The first-order valence-corrected chi connectivity index (χ1v) is 6.47. The summed E-state index contributed by atoms with van der Waals surface area (Å²) < 4.78 is 0. The minimum atomic E-state index is -0.517. The average molecular weight is 243 g/mol. The molecule has 18 heavy (non-hydrogen) atoms. The summed E-state index contributed by atoms with van der Waals surface area (Å²) in [5.41, 5.74) is 6.49. The predicted octanol–water partition coefficient (Wildman–Crippen LogP) is 3.25. The van der Waals surface area contributed by atoms with Crippen molar-refractivity contribution in [3.8, 4) is 0 Å². The Balaban J connectivity index is 2.42. The summed E-state index contributed by atoms with van der Waals surface area (Å²) in [6.45, 7) is 4.58. The average Bonchev–Trinajstić information content (AvgIpc) is 2.45. The van der Waals surface area contributed by atoms with Crippen molar-refractivity contribution >= 4 is 10.8 Å². The molecular weight excluding hydrogens is 222 g/mol. The largest absolute Gasteiger partial charge is 0.388 e. The van der Waals surface area contributed by atoms with E-state index in [-0.39, 0.29) is 5.41 Å². The highest BCUT2D eigenvalue weighted by molar-refractivity contribution is 5.83. The van der Waals surface area contributed by atoms with E-state index in [9.17, 15) is 5.11 Å². The van der Waals surface area contributed by atoms with Gasteiger partial charge in [-0.1, -0.05) is 50.2 Å². The van der Waals surface area contributed by atoms with Crippen LogP contribution in [0.1, 0.15) is 31.9 Å². The summed E-state index contributed by atoms with van der Waals surface area (Å²) >= 11 is 0. The SMILES string of the molecule is CCC(C)(CN)C(O)c1ccc2ccccc2c1. The number of hydrogen-bond acceptors (Lipinski definition) is 2. The van der Waals surface area contributed by atoms with Gasteiger partial charge in [0.1, 0.15) is 0 Å². The van der Waals surface area contributed by atoms with Crippen LogP contribution in [0, 0.1) is 5.41 Å². The van der Waals surface area contributed by atoms with Gasteiger partial charge in [-0.15, -0.1) is 0 Å².